The van der Waals surface area contributed by atoms with Gasteiger partial charge in [-0.2, -0.15) is 0 Å². The van der Waals surface area contributed by atoms with E-state index in [1.165, 1.54) is 0 Å². The number of carboxylic acids is 1. The van der Waals surface area contributed by atoms with Gasteiger partial charge in [0.05, 0.1) is 5.54 Å². The molecule has 2 N–H and O–H groups in total. The summed E-state index contributed by atoms with van der Waals surface area (Å²) in [5, 5.41) is 12.8. The van der Waals surface area contributed by atoms with Crippen molar-refractivity contribution in [3.05, 3.63) is 0 Å². The molecule has 0 aromatic heterocycles. The molecule has 2 unspecified atom stereocenters. The van der Waals surface area contributed by atoms with Crippen LogP contribution in [0.25, 0.3) is 0 Å². The minimum atomic E-state index is -0.883. The van der Waals surface area contributed by atoms with Crippen LogP contribution in [0.4, 0.5) is 0 Å². The quantitative estimate of drug-likeness (QED) is 0.788. The number of carbonyl (C=O) groups is 2. The third-order valence-electron chi connectivity index (χ3n) is 4.88. The monoisotopic (exact) mass is 297 g/mol. The Hall–Kier alpha value is -1.14. The van der Waals surface area contributed by atoms with E-state index in [9.17, 15) is 14.7 Å². The van der Waals surface area contributed by atoms with E-state index in [-0.39, 0.29) is 11.8 Å². The number of piperidine rings is 1. The van der Waals surface area contributed by atoms with E-state index in [2.05, 4.69) is 10.2 Å². The minimum Gasteiger partial charge on any atom is -0.480 e. The summed E-state index contributed by atoms with van der Waals surface area (Å²) >= 11 is 0. The highest BCUT2D eigenvalue weighted by molar-refractivity contribution is 5.90. The van der Waals surface area contributed by atoms with Crippen molar-refractivity contribution in [1.29, 1.82) is 0 Å². The van der Waals surface area contributed by atoms with Crippen LogP contribution in [0.5, 0.6) is 0 Å². The van der Waals surface area contributed by atoms with Crippen molar-refractivity contribution in [1.82, 2.24) is 15.1 Å². The largest absolute Gasteiger partial charge is 0.480 e. The molecule has 1 amide bonds. The number of carboxylic acid groups (broad SMARTS) is 1. The third kappa shape index (κ3) is 3.21. The molecule has 2 aliphatic rings. The molecule has 0 aliphatic carbocycles. The van der Waals surface area contributed by atoms with Crippen molar-refractivity contribution in [3.63, 3.8) is 0 Å². The van der Waals surface area contributed by atoms with Gasteiger partial charge in [-0.1, -0.05) is 6.92 Å². The number of aliphatic carboxylic acids is 1. The molecule has 21 heavy (non-hydrogen) atoms. The van der Waals surface area contributed by atoms with E-state index in [1.54, 1.807) is 4.90 Å². The van der Waals surface area contributed by atoms with Gasteiger partial charge < -0.3 is 15.3 Å². The standard InChI is InChI=1S/C15H27N3O3/c1-11-5-4-8-18(12(11)13(19)20)14(21)15(2,3)17-9-6-16-7-10-17/h11-12,16H,4-10H2,1-3H3,(H,19,20). The lowest BCUT2D eigenvalue weighted by atomic mass is 9.88. The zero-order chi connectivity index (χ0) is 15.6. The van der Waals surface area contributed by atoms with Gasteiger partial charge >= 0.3 is 5.97 Å². The Kier molecular flexibility index (Phi) is 4.88. The number of carbonyl (C=O) groups excluding carboxylic acids is 1. The number of likely N-dealkylation sites (tertiary alicyclic amines) is 1. The summed E-state index contributed by atoms with van der Waals surface area (Å²) < 4.78 is 0. The lowest BCUT2D eigenvalue weighted by Crippen LogP contribution is -2.64. The van der Waals surface area contributed by atoms with Gasteiger partial charge in [0.2, 0.25) is 5.91 Å². The molecule has 0 saturated carbocycles. The van der Waals surface area contributed by atoms with Crippen LogP contribution in [0.15, 0.2) is 0 Å². The van der Waals surface area contributed by atoms with Gasteiger partial charge in [0, 0.05) is 32.7 Å². The average Bonchev–Trinajstić information content (AvgIpc) is 2.46. The second kappa shape index (κ2) is 6.32. The molecule has 2 atom stereocenters. The summed E-state index contributed by atoms with van der Waals surface area (Å²) in [6.45, 7) is 9.69. The normalized spacial score (nSPS) is 28.4. The van der Waals surface area contributed by atoms with E-state index in [0.29, 0.717) is 6.54 Å². The third-order valence-corrected chi connectivity index (χ3v) is 4.88. The second-order valence-electron chi connectivity index (χ2n) is 6.70. The van der Waals surface area contributed by atoms with Gasteiger partial charge in [-0.15, -0.1) is 0 Å². The van der Waals surface area contributed by atoms with Crippen LogP contribution < -0.4 is 5.32 Å². The topological polar surface area (TPSA) is 72.9 Å². The zero-order valence-corrected chi connectivity index (χ0v) is 13.3. The Balaban J connectivity index is 2.17. The van der Waals surface area contributed by atoms with E-state index < -0.39 is 17.6 Å². The predicted octanol–water partition coefficient (Wildman–Crippen LogP) is 0.382. The lowest BCUT2D eigenvalue weighted by molar-refractivity contribution is -0.160. The van der Waals surface area contributed by atoms with Crippen molar-refractivity contribution in [3.8, 4) is 0 Å². The van der Waals surface area contributed by atoms with Gasteiger partial charge in [-0.05, 0) is 32.6 Å². The summed E-state index contributed by atoms with van der Waals surface area (Å²) in [5.74, 6) is -0.922. The van der Waals surface area contributed by atoms with Crippen LogP contribution in [0, 0.1) is 5.92 Å². The molecular formula is C15H27N3O3. The van der Waals surface area contributed by atoms with Gasteiger partial charge in [0.25, 0.3) is 0 Å². The highest BCUT2D eigenvalue weighted by atomic mass is 16.4. The van der Waals surface area contributed by atoms with Crippen molar-refractivity contribution in [2.45, 2.75) is 45.2 Å². The number of rotatable bonds is 3. The van der Waals surface area contributed by atoms with E-state index in [1.807, 2.05) is 20.8 Å². The average molecular weight is 297 g/mol. The SMILES string of the molecule is CC1CCCN(C(=O)C(C)(C)N2CCNCC2)C1C(=O)O. The highest BCUT2D eigenvalue weighted by Crippen LogP contribution is 2.28. The Morgan fingerprint density at radius 3 is 2.38 bits per heavy atom. The fraction of sp³-hybridized carbons (Fsp3) is 0.867. The van der Waals surface area contributed by atoms with Crippen LogP contribution in [-0.4, -0.2) is 71.1 Å². The number of hydrogen-bond acceptors (Lipinski definition) is 4. The summed E-state index contributed by atoms with van der Waals surface area (Å²) in [6.07, 6.45) is 1.75. The maximum atomic E-state index is 13.0. The first-order valence-corrected chi connectivity index (χ1v) is 7.85. The number of nitrogens with one attached hydrogen (secondary N) is 1. The maximum absolute atomic E-state index is 13.0. The van der Waals surface area contributed by atoms with Crippen LogP contribution in [0.1, 0.15) is 33.6 Å². The number of amides is 1. The van der Waals surface area contributed by atoms with E-state index in [0.717, 1.165) is 39.0 Å². The summed E-state index contributed by atoms with van der Waals surface area (Å²) in [6, 6.07) is -0.687. The molecule has 0 radical (unpaired) electrons. The molecule has 2 aliphatic heterocycles. The summed E-state index contributed by atoms with van der Waals surface area (Å²) in [4.78, 5) is 28.3. The number of hydrogen-bond donors (Lipinski definition) is 2. The van der Waals surface area contributed by atoms with Crippen LogP contribution in [0.3, 0.4) is 0 Å². The molecule has 0 spiro atoms. The van der Waals surface area contributed by atoms with Crippen molar-refractivity contribution < 1.29 is 14.7 Å². The fourth-order valence-electron chi connectivity index (χ4n) is 3.50. The Labute approximate surface area is 126 Å². The van der Waals surface area contributed by atoms with Crippen LogP contribution in [-0.2, 0) is 9.59 Å². The van der Waals surface area contributed by atoms with Crippen molar-refractivity contribution in [2.75, 3.05) is 32.7 Å². The van der Waals surface area contributed by atoms with Gasteiger partial charge in [-0.3, -0.25) is 9.69 Å². The van der Waals surface area contributed by atoms with Crippen molar-refractivity contribution in [2.24, 2.45) is 5.92 Å². The molecule has 2 rings (SSSR count). The molecule has 6 heteroatoms. The van der Waals surface area contributed by atoms with Gasteiger partial charge in [-0.25, -0.2) is 4.79 Å². The Morgan fingerprint density at radius 2 is 1.81 bits per heavy atom. The first-order valence-electron chi connectivity index (χ1n) is 7.85. The number of piperazine rings is 1. The molecule has 2 heterocycles. The maximum Gasteiger partial charge on any atom is 0.326 e. The first-order chi connectivity index (χ1) is 9.85. The number of nitrogens with zero attached hydrogens (tertiary/aromatic N) is 2. The fourth-order valence-corrected chi connectivity index (χ4v) is 3.50. The van der Waals surface area contributed by atoms with E-state index >= 15 is 0 Å². The van der Waals surface area contributed by atoms with Crippen LogP contribution >= 0.6 is 0 Å². The van der Waals surface area contributed by atoms with E-state index in [4.69, 9.17) is 0 Å². The first kappa shape index (κ1) is 16.2. The van der Waals surface area contributed by atoms with Gasteiger partial charge in [0.15, 0.2) is 0 Å². The van der Waals surface area contributed by atoms with Crippen LogP contribution in [0.2, 0.25) is 0 Å². The molecule has 0 aromatic carbocycles. The Bertz CT molecular complexity index is 405. The minimum absolute atomic E-state index is 0.0130. The molecular weight excluding hydrogens is 270 g/mol. The molecule has 0 bridgehead atoms. The second-order valence-corrected chi connectivity index (χ2v) is 6.70. The molecule has 6 nitrogen and oxygen atoms in total. The molecule has 0 aromatic rings. The molecule has 120 valence electrons. The summed E-state index contributed by atoms with van der Waals surface area (Å²) in [7, 11) is 0. The predicted molar refractivity (Wildman–Crippen MR) is 80.1 cm³/mol. The van der Waals surface area contributed by atoms with Crippen molar-refractivity contribution >= 4 is 11.9 Å². The molecule has 2 saturated heterocycles. The summed E-state index contributed by atoms with van der Waals surface area (Å²) in [5.41, 5.74) is -0.646. The molecule has 2 fully saturated rings. The zero-order valence-electron chi connectivity index (χ0n) is 13.3. The Morgan fingerprint density at radius 1 is 1.19 bits per heavy atom. The van der Waals surface area contributed by atoms with Gasteiger partial charge in [0.1, 0.15) is 6.04 Å². The highest BCUT2D eigenvalue weighted by Gasteiger charge is 2.44. The smallest absolute Gasteiger partial charge is 0.326 e. The lowest BCUT2D eigenvalue weighted by Gasteiger charge is -2.46.